The van der Waals surface area contributed by atoms with Crippen LogP contribution in [0, 0.1) is 0 Å². The second-order valence-corrected chi connectivity index (χ2v) is 3.40. The van der Waals surface area contributed by atoms with Crippen LogP contribution in [-0.2, 0) is 4.79 Å². The summed E-state index contributed by atoms with van der Waals surface area (Å²) in [5.41, 5.74) is 5.58. The Morgan fingerprint density at radius 3 is 2.67 bits per heavy atom. The maximum absolute atomic E-state index is 11.4. The highest BCUT2D eigenvalue weighted by Gasteiger charge is 2.14. The minimum atomic E-state index is -0.131. The van der Waals surface area contributed by atoms with E-state index in [2.05, 4.69) is 20.3 Å². The monoisotopic (exact) mass is 254 g/mol. The zero-order valence-corrected chi connectivity index (χ0v) is 10.8. The molecule has 0 fully saturated rings. The van der Waals surface area contributed by atoms with E-state index < -0.39 is 0 Å². The maximum Gasteiger partial charge on any atom is 0.323 e. The molecule has 0 aliphatic heterocycles. The molecular formula is C10H18N6O2. The van der Waals surface area contributed by atoms with E-state index in [0.717, 1.165) is 0 Å². The smallest absolute Gasteiger partial charge is 0.323 e. The van der Waals surface area contributed by atoms with Gasteiger partial charge in [0.15, 0.2) is 0 Å². The first-order valence-electron chi connectivity index (χ1n) is 5.70. The Hall–Kier alpha value is -2.12. The van der Waals surface area contributed by atoms with Crippen molar-refractivity contribution < 1.29 is 9.53 Å². The van der Waals surface area contributed by atoms with Crippen molar-refractivity contribution in [1.29, 1.82) is 0 Å². The lowest BCUT2D eigenvalue weighted by molar-refractivity contribution is -0.119. The maximum atomic E-state index is 11.4. The van der Waals surface area contributed by atoms with Crippen LogP contribution in [0.1, 0.15) is 13.8 Å². The van der Waals surface area contributed by atoms with Gasteiger partial charge in [0.25, 0.3) is 0 Å². The third kappa shape index (κ3) is 3.72. The quantitative estimate of drug-likeness (QED) is 0.699. The summed E-state index contributed by atoms with van der Waals surface area (Å²) in [6, 6.07) is 0.162. The van der Waals surface area contributed by atoms with Gasteiger partial charge in [-0.2, -0.15) is 15.0 Å². The van der Waals surface area contributed by atoms with Gasteiger partial charge in [0.1, 0.15) is 0 Å². The molecule has 1 aromatic heterocycles. The molecule has 0 atom stereocenters. The molecule has 1 amide bonds. The molecule has 0 saturated heterocycles. The Morgan fingerprint density at radius 1 is 1.39 bits per heavy atom. The number of nitrogens with two attached hydrogens (primary N) is 1. The van der Waals surface area contributed by atoms with Gasteiger partial charge in [0.05, 0.1) is 13.2 Å². The molecule has 0 aliphatic rings. The van der Waals surface area contributed by atoms with Crippen molar-refractivity contribution in [2.75, 3.05) is 37.4 Å². The number of carbonyl (C=O) groups is 1. The fraction of sp³-hybridized carbons (Fsp3) is 0.600. The van der Waals surface area contributed by atoms with Crippen molar-refractivity contribution in [2.24, 2.45) is 0 Å². The van der Waals surface area contributed by atoms with Crippen LogP contribution in [0.25, 0.3) is 0 Å². The fourth-order valence-corrected chi connectivity index (χ4v) is 1.27. The molecule has 8 heteroatoms. The number of aromatic nitrogens is 3. The Kier molecular flexibility index (Phi) is 5.09. The highest BCUT2D eigenvalue weighted by atomic mass is 16.5. The number of nitrogen functional groups attached to an aromatic ring is 1. The number of carbonyl (C=O) groups excluding carboxylic acids is 1. The number of likely N-dealkylation sites (N-methyl/N-ethyl adjacent to an activating group) is 2. The summed E-state index contributed by atoms with van der Waals surface area (Å²) in [6.45, 7) is 4.87. The Bertz CT molecular complexity index is 411. The van der Waals surface area contributed by atoms with Gasteiger partial charge in [-0.15, -0.1) is 0 Å². The molecule has 1 heterocycles. The lowest BCUT2D eigenvalue weighted by atomic mass is 10.5. The van der Waals surface area contributed by atoms with E-state index in [0.29, 0.717) is 19.1 Å². The van der Waals surface area contributed by atoms with Crippen LogP contribution in [0.2, 0.25) is 0 Å². The molecular weight excluding hydrogens is 236 g/mol. The molecule has 18 heavy (non-hydrogen) atoms. The number of ether oxygens (including phenoxy) is 1. The molecule has 1 rings (SSSR count). The SMILES string of the molecule is CCOc1nc(N)nc(N(CC)CC(=O)NC)n1. The first-order valence-corrected chi connectivity index (χ1v) is 5.70. The number of rotatable bonds is 6. The predicted molar refractivity (Wildman–Crippen MR) is 67.4 cm³/mol. The summed E-state index contributed by atoms with van der Waals surface area (Å²) in [5.74, 6) is 0.268. The lowest BCUT2D eigenvalue weighted by Crippen LogP contribution is -2.36. The number of hydrogen-bond acceptors (Lipinski definition) is 7. The molecule has 0 unspecified atom stereocenters. The molecule has 3 N–H and O–H groups in total. The van der Waals surface area contributed by atoms with Gasteiger partial charge in [-0.25, -0.2) is 0 Å². The highest BCUT2D eigenvalue weighted by molar-refractivity contribution is 5.80. The van der Waals surface area contributed by atoms with E-state index in [1.54, 1.807) is 11.9 Å². The van der Waals surface area contributed by atoms with Gasteiger partial charge in [-0.1, -0.05) is 0 Å². The second-order valence-electron chi connectivity index (χ2n) is 3.40. The minimum Gasteiger partial charge on any atom is -0.464 e. The molecule has 1 aromatic rings. The third-order valence-corrected chi connectivity index (χ3v) is 2.17. The highest BCUT2D eigenvalue weighted by Crippen LogP contribution is 2.12. The fourth-order valence-electron chi connectivity index (χ4n) is 1.27. The topological polar surface area (TPSA) is 106 Å². The van der Waals surface area contributed by atoms with E-state index in [9.17, 15) is 4.79 Å². The zero-order chi connectivity index (χ0) is 13.5. The standard InChI is InChI=1S/C10H18N6O2/c1-4-16(6-7(17)12-3)9-13-8(11)14-10(15-9)18-5-2/h4-6H2,1-3H3,(H,12,17)(H2,11,13,14,15). The van der Waals surface area contributed by atoms with Crippen LogP contribution in [0.3, 0.4) is 0 Å². The van der Waals surface area contributed by atoms with Gasteiger partial charge in [0.2, 0.25) is 17.8 Å². The average Bonchev–Trinajstić information content (AvgIpc) is 2.35. The molecule has 0 bridgehead atoms. The molecule has 0 saturated carbocycles. The lowest BCUT2D eigenvalue weighted by Gasteiger charge is -2.19. The van der Waals surface area contributed by atoms with Crippen LogP contribution in [0.4, 0.5) is 11.9 Å². The van der Waals surface area contributed by atoms with Crippen LogP contribution in [-0.4, -0.2) is 47.6 Å². The number of anilines is 2. The van der Waals surface area contributed by atoms with Crippen molar-refractivity contribution in [2.45, 2.75) is 13.8 Å². The molecule has 0 aliphatic carbocycles. The Labute approximate surface area is 106 Å². The van der Waals surface area contributed by atoms with E-state index in [1.807, 2.05) is 13.8 Å². The third-order valence-electron chi connectivity index (χ3n) is 2.17. The zero-order valence-electron chi connectivity index (χ0n) is 10.8. The molecule has 0 radical (unpaired) electrons. The van der Waals surface area contributed by atoms with Crippen LogP contribution >= 0.6 is 0 Å². The van der Waals surface area contributed by atoms with E-state index in [1.165, 1.54) is 0 Å². The predicted octanol–water partition coefficient (Wildman–Crippen LogP) is -0.575. The summed E-state index contributed by atoms with van der Waals surface area (Å²) in [6.07, 6.45) is 0. The summed E-state index contributed by atoms with van der Waals surface area (Å²) in [7, 11) is 1.57. The van der Waals surface area contributed by atoms with E-state index in [-0.39, 0.29) is 24.4 Å². The summed E-state index contributed by atoms with van der Waals surface area (Å²) in [5, 5.41) is 2.54. The largest absolute Gasteiger partial charge is 0.464 e. The van der Waals surface area contributed by atoms with Gasteiger partial charge in [-0.05, 0) is 13.8 Å². The van der Waals surface area contributed by atoms with Crippen molar-refractivity contribution in [3.63, 3.8) is 0 Å². The van der Waals surface area contributed by atoms with Gasteiger partial charge >= 0.3 is 6.01 Å². The molecule has 8 nitrogen and oxygen atoms in total. The molecule has 0 aromatic carbocycles. The number of nitrogens with zero attached hydrogens (tertiary/aromatic N) is 4. The molecule has 100 valence electrons. The Balaban J connectivity index is 2.93. The number of amides is 1. The first kappa shape index (κ1) is 13.9. The summed E-state index contributed by atoms with van der Waals surface area (Å²) < 4.78 is 5.18. The van der Waals surface area contributed by atoms with Crippen molar-refractivity contribution >= 4 is 17.8 Å². The van der Waals surface area contributed by atoms with Crippen LogP contribution in [0.5, 0.6) is 6.01 Å². The molecule has 0 spiro atoms. The average molecular weight is 254 g/mol. The summed E-state index contributed by atoms with van der Waals surface area (Å²) in [4.78, 5) is 25.0. The van der Waals surface area contributed by atoms with Gasteiger partial charge in [0, 0.05) is 13.6 Å². The number of hydrogen-bond donors (Lipinski definition) is 2. The second kappa shape index (κ2) is 6.58. The Morgan fingerprint density at radius 2 is 2.11 bits per heavy atom. The van der Waals surface area contributed by atoms with Gasteiger partial charge < -0.3 is 20.7 Å². The normalized spacial score (nSPS) is 9.94. The first-order chi connectivity index (χ1) is 8.60. The van der Waals surface area contributed by atoms with Crippen molar-refractivity contribution in [3.05, 3.63) is 0 Å². The van der Waals surface area contributed by atoms with Crippen LogP contribution < -0.4 is 20.7 Å². The van der Waals surface area contributed by atoms with E-state index >= 15 is 0 Å². The van der Waals surface area contributed by atoms with Gasteiger partial charge in [-0.3, -0.25) is 4.79 Å². The number of nitrogens with one attached hydrogen (secondary N) is 1. The van der Waals surface area contributed by atoms with Crippen LogP contribution in [0.15, 0.2) is 0 Å². The minimum absolute atomic E-state index is 0.0683. The van der Waals surface area contributed by atoms with Crippen molar-refractivity contribution in [3.8, 4) is 6.01 Å². The van der Waals surface area contributed by atoms with Crippen molar-refractivity contribution in [1.82, 2.24) is 20.3 Å². The van der Waals surface area contributed by atoms with E-state index in [4.69, 9.17) is 10.5 Å². The summed E-state index contributed by atoms with van der Waals surface area (Å²) >= 11 is 0.